The molecular formula is C32H45N3O. The maximum atomic E-state index is 8.58. The molecule has 2 aromatic carbocycles. The van der Waals surface area contributed by atoms with Crippen LogP contribution in [-0.2, 0) is 17.6 Å². The number of likely N-dealkylation sites (tertiary alicyclic amines) is 1. The lowest BCUT2D eigenvalue weighted by atomic mass is 9.79. The summed E-state index contributed by atoms with van der Waals surface area (Å²) in [5, 5.41) is 3.23. The number of benzene rings is 2. The van der Waals surface area contributed by atoms with Crippen LogP contribution in [0.15, 0.2) is 90.6 Å². The molecule has 2 aromatic rings. The zero-order chi connectivity index (χ0) is 26.0. The molecule has 2 aliphatic rings. The van der Waals surface area contributed by atoms with Crippen LogP contribution in [0, 0.1) is 5.92 Å². The van der Waals surface area contributed by atoms with E-state index in [1.54, 1.807) is 0 Å². The van der Waals surface area contributed by atoms with Crippen molar-refractivity contribution in [2.45, 2.75) is 45.4 Å². The van der Waals surface area contributed by atoms with Crippen LogP contribution in [-0.4, -0.2) is 44.5 Å². The van der Waals surface area contributed by atoms with E-state index in [-0.39, 0.29) is 6.41 Å². The highest BCUT2D eigenvalue weighted by Gasteiger charge is 2.31. The van der Waals surface area contributed by atoms with Gasteiger partial charge >= 0.3 is 0 Å². The zero-order valence-electron chi connectivity index (χ0n) is 22.4. The van der Waals surface area contributed by atoms with Crippen molar-refractivity contribution in [1.29, 1.82) is 0 Å². The lowest BCUT2D eigenvalue weighted by Gasteiger charge is -2.26. The van der Waals surface area contributed by atoms with Gasteiger partial charge in [-0.25, -0.2) is 0 Å². The molecule has 4 heteroatoms. The number of carbonyl (C=O) groups is 1. The number of carbonyl (C=O) groups excluding carboxylic acids is 1. The van der Waals surface area contributed by atoms with Crippen molar-refractivity contribution >= 4 is 6.41 Å². The monoisotopic (exact) mass is 487 g/mol. The lowest BCUT2D eigenvalue weighted by molar-refractivity contribution is -0.106. The molecule has 36 heavy (non-hydrogen) atoms. The topological polar surface area (TPSA) is 58.4 Å². The van der Waals surface area contributed by atoms with Crippen molar-refractivity contribution in [2.24, 2.45) is 11.7 Å². The molecule has 1 fully saturated rings. The number of primary amides is 1. The van der Waals surface area contributed by atoms with Crippen LogP contribution in [0.3, 0.4) is 0 Å². The summed E-state index contributed by atoms with van der Waals surface area (Å²) in [5.41, 5.74) is 9.99. The van der Waals surface area contributed by atoms with Crippen molar-refractivity contribution in [1.82, 2.24) is 10.2 Å². The number of rotatable bonds is 9. The summed E-state index contributed by atoms with van der Waals surface area (Å²) >= 11 is 0. The Morgan fingerprint density at radius 1 is 1.03 bits per heavy atom. The summed E-state index contributed by atoms with van der Waals surface area (Å²) in [6.07, 6.45) is 16.2. The minimum absolute atomic E-state index is 0.250. The Kier molecular flexibility index (Phi) is 14.2. The molecule has 4 rings (SSSR count). The highest BCUT2D eigenvalue weighted by molar-refractivity contribution is 5.42. The summed E-state index contributed by atoms with van der Waals surface area (Å²) in [4.78, 5) is 11.3. The average molecular weight is 488 g/mol. The zero-order valence-corrected chi connectivity index (χ0v) is 22.4. The van der Waals surface area contributed by atoms with E-state index in [1.165, 1.54) is 41.8 Å². The van der Waals surface area contributed by atoms with Gasteiger partial charge in [-0.15, -0.1) is 0 Å². The molecule has 1 aliphatic heterocycles. The molecule has 0 radical (unpaired) electrons. The van der Waals surface area contributed by atoms with Crippen LogP contribution in [0.25, 0.3) is 0 Å². The molecule has 0 spiro atoms. The molecule has 3 N–H and O–H groups in total. The van der Waals surface area contributed by atoms with Crippen molar-refractivity contribution in [3.05, 3.63) is 107 Å². The maximum absolute atomic E-state index is 8.58. The number of nitrogens with zero attached hydrogens (tertiary/aromatic N) is 1. The second-order valence-electron chi connectivity index (χ2n) is 9.02. The average Bonchev–Trinajstić information content (AvgIpc) is 3.22. The Morgan fingerprint density at radius 3 is 2.36 bits per heavy atom. The highest BCUT2D eigenvalue weighted by atomic mass is 16.1. The third-order valence-corrected chi connectivity index (χ3v) is 6.73. The highest BCUT2D eigenvalue weighted by Crippen LogP contribution is 2.38. The molecule has 0 aromatic heterocycles. The Balaban J connectivity index is 0.000000850. The number of allylic oxidation sites excluding steroid dienone is 6. The van der Waals surface area contributed by atoms with E-state index in [0.29, 0.717) is 11.8 Å². The van der Waals surface area contributed by atoms with Crippen LogP contribution in [0.1, 0.15) is 49.3 Å². The summed E-state index contributed by atoms with van der Waals surface area (Å²) in [5.74, 6) is 1.18. The van der Waals surface area contributed by atoms with Gasteiger partial charge < -0.3 is 16.0 Å². The number of likely N-dealkylation sites (N-methyl/N-ethyl adjacent to an activating group) is 1. The van der Waals surface area contributed by atoms with Crippen molar-refractivity contribution in [2.75, 3.05) is 33.2 Å². The van der Waals surface area contributed by atoms with Gasteiger partial charge in [-0.3, -0.25) is 4.79 Å². The van der Waals surface area contributed by atoms with E-state index in [2.05, 4.69) is 101 Å². The second-order valence-corrected chi connectivity index (χ2v) is 9.02. The number of nitrogens with two attached hydrogens (primary N) is 1. The fraction of sp³-hybridized carbons (Fsp3) is 0.406. The van der Waals surface area contributed by atoms with Gasteiger partial charge in [0.15, 0.2) is 0 Å². The SMILES string of the molecule is CC.CNCCc1ccc(CCN2CCC(C(C3=CCC=CC=C3)c3ccccc3)C2)cc1.NC=O. The number of nitrogens with one attached hydrogen (secondary N) is 1. The van der Waals surface area contributed by atoms with E-state index < -0.39 is 0 Å². The Hall–Kier alpha value is -2.95. The first kappa shape index (κ1) is 29.3. The Morgan fingerprint density at radius 2 is 1.69 bits per heavy atom. The third-order valence-electron chi connectivity index (χ3n) is 6.73. The van der Waals surface area contributed by atoms with Gasteiger partial charge in [0.1, 0.15) is 0 Å². The molecule has 1 heterocycles. The van der Waals surface area contributed by atoms with Gasteiger partial charge in [-0.1, -0.05) is 98.8 Å². The smallest absolute Gasteiger partial charge is 0.204 e. The third kappa shape index (κ3) is 9.60. The Labute approximate surface area is 219 Å². The van der Waals surface area contributed by atoms with Crippen LogP contribution < -0.4 is 11.1 Å². The minimum Gasteiger partial charge on any atom is -0.372 e. The fourth-order valence-corrected chi connectivity index (χ4v) is 4.99. The molecule has 2 atom stereocenters. The summed E-state index contributed by atoms with van der Waals surface area (Å²) in [6, 6.07) is 20.4. The number of hydrogen-bond donors (Lipinski definition) is 2. The van der Waals surface area contributed by atoms with E-state index in [4.69, 9.17) is 4.79 Å². The molecule has 1 saturated heterocycles. The molecule has 1 aliphatic carbocycles. The van der Waals surface area contributed by atoms with E-state index in [0.717, 1.165) is 32.4 Å². The second kappa shape index (κ2) is 17.5. The van der Waals surface area contributed by atoms with Crippen LogP contribution in [0.2, 0.25) is 0 Å². The quantitative estimate of drug-likeness (QED) is 0.448. The molecule has 194 valence electrons. The van der Waals surface area contributed by atoms with Gasteiger partial charge in [-0.05, 0) is 74.0 Å². The molecule has 0 bridgehead atoms. The standard InChI is InChI=1S/C29H36N2.C2H6.CH3NO/c1-30-20-17-24-13-15-25(16-14-24)18-21-31-22-19-28(23-31)29(27-11-7-4-8-12-27)26-9-5-2-3-6-10-26;1-2;2-1-3/h2-5,7-16,28-30H,6,17-23H2,1H3;1-2H3;1H,(H2,2,3). The minimum atomic E-state index is 0.250. The largest absolute Gasteiger partial charge is 0.372 e. The molecule has 1 amide bonds. The molecular weight excluding hydrogens is 442 g/mol. The van der Waals surface area contributed by atoms with Gasteiger partial charge in [-0.2, -0.15) is 0 Å². The first-order chi connectivity index (χ1) is 17.7. The van der Waals surface area contributed by atoms with Crippen LogP contribution in [0.5, 0.6) is 0 Å². The predicted molar refractivity (Wildman–Crippen MR) is 154 cm³/mol. The van der Waals surface area contributed by atoms with Crippen molar-refractivity contribution in [3.63, 3.8) is 0 Å². The van der Waals surface area contributed by atoms with Gasteiger partial charge in [0.05, 0.1) is 0 Å². The summed E-state index contributed by atoms with van der Waals surface area (Å²) in [7, 11) is 2.01. The van der Waals surface area contributed by atoms with E-state index >= 15 is 0 Å². The number of hydrogen-bond acceptors (Lipinski definition) is 3. The van der Waals surface area contributed by atoms with Gasteiger partial charge in [0.2, 0.25) is 6.41 Å². The molecule has 0 saturated carbocycles. The lowest BCUT2D eigenvalue weighted by Crippen LogP contribution is -2.25. The van der Waals surface area contributed by atoms with Crippen LogP contribution >= 0.6 is 0 Å². The van der Waals surface area contributed by atoms with Gasteiger partial charge in [0.25, 0.3) is 0 Å². The van der Waals surface area contributed by atoms with Crippen molar-refractivity contribution in [3.8, 4) is 0 Å². The molecule has 4 nitrogen and oxygen atoms in total. The molecule has 2 unspecified atom stereocenters. The normalized spacial score (nSPS) is 17.6. The van der Waals surface area contributed by atoms with Gasteiger partial charge in [0, 0.05) is 19.0 Å². The fourth-order valence-electron chi connectivity index (χ4n) is 4.99. The maximum Gasteiger partial charge on any atom is 0.204 e. The summed E-state index contributed by atoms with van der Waals surface area (Å²) < 4.78 is 0. The predicted octanol–water partition coefficient (Wildman–Crippen LogP) is 5.67. The van der Waals surface area contributed by atoms with Crippen molar-refractivity contribution < 1.29 is 4.79 Å². The first-order valence-corrected chi connectivity index (χ1v) is 13.4. The Bertz CT molecular complexity index is 947. The summed E-state index contributed by atoms with van der Waals surface area (Å²) in [6.45, 7) is 8.60. The van der Waals surface area contributed by atoms with Crippen LogP contribution in [0.4, 0.5) is 0 Å². The number of amides is 1. The first-order valence-electron chi connectivity index (χ1n) is 13.4. The van der Waals surface area contributed by atoms with E-state index in [9.17, 15) is 0 Å². The van der Waals surface area contributed by atoms with E-state index in [1.807, 2.05) is 20.9 Å².